The van der Waals surface area contributed by atoms with Crippen LogP contribution in [0.15, 0.2) is 48.5 Å². The molecule has 0 fully saturated rings. The Labute approximate surface area is 123 Å². The van der Waals surface area contributed by atoms with Crippen LogP contribution in [-0.4, -0.2) is 16.6 Å². The van der Waals surface area contributed by atoms with Crippen LogP contribution >= 0.6 is 0 Å². The van der Waals surface area contributed by atoms with Crippen molar-refractivity contribution in [1.29, 1.82) is 5.26 Å². The maximum absolute atomic E-state index is 8.50. The average Bonchev–Trinajstić information content (AvgIpc) is 2.96. The Balaban J connectivity index is 1.81. The molecular formula is C17H15N3O. The predicted molar refractivity (Wildman–Crippen MR) is 81.9 cm³/mol. The Kier molecular flexibility index (Phi) is 3.83. The van der Waals surface area contributed by atoms with Crippen molar-refractivity contribution in [3.05, 3.63) is 48.5 Å². The highest BCUT2D eigenvalue weighted by atomic mass is 16.5. The fourth-order valence-electron chi connectivity index (χ4n) is 2.15. The summed E-state index contributed by atoms with van der Waals surface area (Å²) in [5.74, 6) is 1.65. The zero-order chi connectivity index (χ0) is 14.5. The van der Waals surface area contributed by atoms with E-state index < -0.39 is 0 Å². The zero-order valence-electron chi connectivity index (χ0n) is 11.5. The van der Waals surface area contributed by atoms with Gasteiger partial charge in [0.15, 0.2) is 0 Å². The molecule has 2 aromatic carbocycles. The smallest absolute Gasteiger partial charge is 0.138 e. The summed E-state index contributed by atoms with van der Waals surface area (Å²) < 4.78 is 5.63. The van der Waals surface area contributed by atoms with Gasteiger partial charge >= 0.3 is 0 Å². The standard InChI is InChI=1S/C17H15N3O/c18-10-4-5-11-21-14-8-9-15-16(12-14)20-17(19-15)13-6-2-1-3-7-13/h1-3,6-9,12H,4-5,11H2,(H,19,20). The molecule has 3 aromatic rings. The molecule has 0 spiro atoms. The van der Waals surface area contributed by atoms with Crippen LogP contribution in [0, 0.1) is 11.3 Å². The lowest BCUT2D eigenvalue weighted by atomic mass is 10.2. The van der Waals surface area contributed by atoms with Gasteiger partial charge < -0.3 is 9.72 Å². The second kappa shape index (κ2) is 6.10. The van der Waals surface area contributed by atoms with E-state index >= 15 is 0 Å². The van der Waals surface area contributed by atoms with Crippen LogP contribution in [-0.2, 0) is 0 Å². The maximum atomic E-state index is 8.50. The number of benzene rings is 2. The molecule has 0 saturated carbocycles. The number of aromatic nitrogens is 2. The third-order valence-electron chi connectivity index (χ3n) is 3.20. The molecular weight excluding hydrogens is 262 g/mol. The minimum Gasteiger partial charge on any atom is -0.493 e. The number of ether oxygens (including phenoxy) is 1. The van der Waals surface area contributed by atoms with Crippen molar-refractivity contribution >= 4 is 11.0 Å². The Morgan fingerprint density at radius 1 is 1.14 bits per heavy atom. The fourth-order valence-corrected chi connectivity index (χ4v) is 2.15. The van der Waals surface area contributed by atoms with Crippen LogP contribution in [0.1, 0.15) is 12.8 Å². The van der Waals surface area contributed by atoms with Crippen molar-refractivity contribution in [2.45, 2.75) is 12.8 Å². The molecule has 4 nitrogen and oxygen atoms in total. The van der Waals surface area contributed by atoms with Crippen LogP contribution in [0.5, 0.6) is 5.75 Å². The summed E-state index contributed by atoms with van der Waals surface area (Å²) >= 11 is 0. The van der Waals surface area contributed by atoms with E-state index in [9.17, 15) is 0 Å². The molecule has 0 aliphatic heterocycles. The average molecular weight is 277 g/mol. The topological polar surface area (TPSA) is 61.7 Å². The molecule has 0 radical (unpaired) electrons. The van der Waals surface area contributed by atoms with Crippen LogP contribution in [0.3, 0.4) is 0 Å². The summed E-state index contributed by atoms with van der Waals surface area (Å²) in [7, 11) is 0. The molecule has 0 aliphatic carbocycles. The highest BCUT2D eigenvalue weighted by Gasteiger charge is 2.06. The fraction of sp³-hybridized carbons (Fsp3) is 0.176. The number of imidazole rings is 1. The molecule has 0 saturated heterocycles. The predicted octanol–water partition coefficient (Wildman–Crippen LogP) is 3.91. The highest BCUT2D eigenvalue weighted by molar-refractivity contribution is 5.80. The van der Waals surface area contributed by atoms with Gasteiger partial charge in [-0.3, -0.25) is 0 Å². The van der Waals surface area contributed by atoms with Gasteiger partial charge in [0.2, 0.25) is 0 Å². The summed E-state index contributed by atoms with van der Waals surface area (Å²) in [5, 5.41) is 8.50. The number of hydrogen-bond donors (Lipinski definition) is 1. The molecule has 0 aliphatic rings. The number of nitrogens with zero attached hydrogens (tertiary/aromatic N) is 2. The second-order valence-electron chi connectivity index (χ2n) is 4.74. The summed E-state index contributed by atoms with van der Waals surface area (Å²) in [4.78, 5) is 7.89. The van der Waals surface area contributed by atoms with Crippen molar-refractivity contribution in [3.63, 3.8) is 0 Å². The number of fused-ring (bicyclic) bond motifs is 1. The second-order valence-corrected chi connectivity index (χ2v) is 4.74. The quantitative estimate of drug-likeness (QED) is 0.719. The lowest BCUT2D eigenvalue weighted by Crippen LogP contribution is -1.96. The summed E-state index contributed by atoms with van der Waals surface area (Å²) in [6.07, 6.45) is 1.26. The third kappa shape index (κ3) is 3.03. The Morgan fingerprint density at radius 2 is 2.00 bits per heavy atom. The summed E-state index contributed by atoms with van der Waals surface area (Å²) in [6.45, 7) is 0.554. The maximum Gasteiger partial charge on any atom is 0.138 e. The largest absolute Gasteiger partial charge is 0.493 e. The molecule has 3 rings (SSSR count). The lowest BCUT2D eigenvalue weighted by molar-refractivity contribution is 0.313. The van der Waals surface area contributed by atoms with Gasteiger partial charge in [-0.05, 0) is 18.6 Å². The molecule has 1 aromatic heterocycles. The van der Waals surface area contributed by atoms with Crippen LogP contribution in [0.25, 0.3) is 22.4 Å². The minimum absolute atomic E-state index is 0.518. The van der Waals surface area contributed by atoms with Gasteiger partial charge in [0.25, 0.3) is 0 Å². The number of nitriles is 1. The first-order valence-electron chi connectivity index (χ1n) is 6.92. The van der Waals surface area contributed by atoms with Crippen molar-refractivity contribution in [1.82, 2.24) is 9.97 Å². The minimum atomic E-state index is 0.518. The monoisotopic (exact) mass is 277 g/mol. The molecule has 0 amide bonds. The molecule has 21 heavy (non-hydrogen) atoms. The molecule has 0 unspecified atom stereocenters. The van der Waals surface area contributed by atoms with E-state index in [1.54, 1.807) is 0 Å². The number of H-pyrrole nitrogens is 1. The van der Waals surface area contributed by atoms with E-state index in [1.807, 2.05) is 48.5 Å². The Bertz CT molecular complexity index is 772. The van der Waals surface area contributed by atoms with Crippen LogP contribution in [0.2, 0.25) is 0 Å². The molecule has 0 bridgehead atoms. The number of unbranched alkanes of at least 4 members (excludes halogenated alkanes) is 1. The molecule has 0 atom stereocenters. The number of nitrogens with one attached hydrogen (secondary N) is 1. The van der Waals surface area contributed by atoms with Gasteiger partial charge in [-0.2, -0.15) is 5.26 Å². The molecule has 104 valence electrons. The van der Waals surface area contributed by atoms with Gasteiger partial charge in [-0.15, -0.1) is 0 Å². The van der Waals surface area contributed by atoms with E-state index in [2.05, 4.69) is 16.0 Å². The lowest BCUT2D eigenvalue weighted by Gasteiger charge is -2.03. The number of hydrogen-bond acceptors (Lipinski definition) is 3. The SMILES string of the molecule is N#CCCCOc1ccc2nc(-c3ccccc3)[nH]c2c1. The first-order valence-corrected chi connectivity index (χ1v) is 6.92. The normalized spacial score (nSPS) is 10.4. The van der Waals surface area contributed by atoms with E-state index in [-0.39, 0.29) is 0 Å². The third-order valence-corrected chi connectivity index (χ3v) is 3.20. The zero-order valence-corrected chi connectivity index (χ0v) is 11.5. The summed E-state index contributed by atoms with van der Waals surface area (Å²) in [6, 6.07) is 17.9. The van der Waals surface area contributed by atoms with E-state index in [0.29, 0.717) is 13.0 Å². The summed E-state index contributed by atoms with van der Waals surface area (Å²) in [5.41, 5.74) is 2.93. The van der Waals surface area contributed by atoms with Crippen molar-refractivity contribution in [2.24, 2.45) is 0 Å². The van der Waals surface area contributed by atoms with Gasteiger partial charge in [0.1, 0.15) is 11.6 Å². The van der Waals surface area contributed by atoms with Crippen molar-refractivity contribution in [3.8, 4) is 23.2 Å². The molecule has 4 heteroatoms. The molecule has 1 N–H and O–H groups in total. The Hall–Kier alpha value is -2.80. The van der Waals surface area contributed by atoms with E-state index in [0.717, 1.165) is 34.6 Å². The van der Waals surface area contributed by atoms with E-state index in [4.69, 9.17) is 10.00 Å². The van der Waals surface area contributed by atoms with Crippen LogP contribution < -0.4 is 4.74 Å². The first kappa shape index (κ1) is 13.2. The molecule has 1 heterocycles. The van der Waals surface area contributed by atoms with Gasteiger partial charge in [0.05, 0.1) is 23.7 Å². The Morgan fingerprint density at radius 3 is 2.81 bits per heavy atom. The highest BCUT2D eigenvalue weighted by Crippen LogP contribution is 2.23. The van der Waals surface area contributed by atoms with Crippen molar-refractivity contribution < 1.29 is 4.74 Å². The van der Waals surface area contributed by atoms with E-state index in [1.165, 1.54) is 0 Å². The number of rotatable bonds is 5. The van der Waals surface area contributed by atoms with Gasteiger partial charge in [0, 0.05) is 18.1 Å². The number of aromatic amines is 1. The van der Waals surface area contributed by atoms with Gasteiger partial charge in [-0.25, -0.2) is 4.98 Å². The first-order chi connectivity index (χ1) is 10.4. The van der Waals surface area contributed by atoms with Crippen LogP contribution in [0.4, 0.5) is 0 Å². The van der Waals surface area contributed by atoms with Crippen molar-refractivity contribution in [2.75, 3.05) is 6.61 Å². The van der Waals surface area contributed by atoms with Gasteiger partial charge in [-0.1, -0.05) is 30.3 Å².